The van der Waals surface area contributed by atoms with Gasteiger partial charge in [0.1, 0.15) is 5.52 Å². The Morgan fingerprint density at radius 2 is 1.76 bits per heavy atom. The van der Waals surface area contributed by atoms with Crippen molar-refractivity contribution in [3.05, 3.63) is 83.4 Å². The van der Waals surface area contributed by atoms with E-state index in [1.54, 1.807) is 16.8 Å². The number of nitrogens with one attached hydrogen (secondary N) is 1. The van der Waals surface area contributed by atoms with Gasteiger partial charge in [-0.3, -0.25) is 9.36 Å². The highest BCUT2D eigenvalue weighted by atomic mass is 35.5. The SMILES string of the molecule is Cc1c(Cl)cccc1NC(=O)CSc1nnc(-n2nnc3ccccc32)n1-c1ccccc1. The minimum Gasteiger partial charge on any atom is -0.325 e. The van der Waals surface area contributed by atoms with Crippen LogP contribution < -0.4 is 5.32 Å². The van der Waals surface area contributed by atoms with Crippen molar-refractivity contribution >= 4 is 46.0 Å². The summed E-state index contributed by atoms with van der Waals surface area (Å²) in [6, 6.07) is 22.8. The van der Waals surface area contributed by atoms with Gasteiger partial charge in [0.05, 0.1) is 17.0 Å². The highest BCUT2D eigenvalue weighted by Gasteiger charge is 2.20. The third-order valence-electron chi connectivity index (χ3n) is 5.05. The molecule has 0 radical (unpaired) electrons. The van der Waals surface area contributed by atoms with Gasteiger partial charge >= 0.3 is 0 Å². The fraction of sp³-hybridized carbons (Fsp3) is 0.0870. The van der Waals surface area contributed by atoms with E-state index in [1.165, 1.54) is 11.8 Å². The molecule has 1 amide bonds. The van der Waals surface area contributed by atoms with Crippen molar-refractivity contribution in [2.75, 3.05) is 11.1 Å². The molecule has 8 nitrogen and oxygen atoms in total. The van der Waals surface area contributed by atoms with Crippen LogP contribution in [0.1, 0.15) is 5.56 Å². The van der Waals surface area contributed by atoms with E-state index >= 15 is 0 Å². The molecule has 0 unspecified atom stereocenters. The number of benzene rings is 3. The lowest BCUT2D eigenvalue weighted by atomic mass is 10.2. The summed E-state index contributed by atoms with van der Waals surface area (Å²) in [5, 5.41) is 21.3. The molecule has 5 rings (SSSR count). The summed E-state index contributed by atoms with van der Waals surface area (Å²) in [4.78, 5) is 12.6. The number of carbonyl (C=O) groups is 1. The molecule has 0 saturated heterocycles. The fourth-order valence-electron chi connectivity index (χ4n) is 3.37. The topological polar surface area (TPSA) is 90.5 Å². The van der Waals surface area contributed by atoms with Crippen LogP contribution in [-0.4, -0.2) is 41.4 Å². The molecule has 1 N–H and O–H groups in total. The zero-order valence-corrected chi connectivity index (χ0v) is 19.1. The van der Waals surface area contributed by atoms with Gasteiger partial charge in [0, 0.05) is 10.7 Å². The second-order valence-corrected chi connectivity index (χ2v) is 8.54. The highest BCUT2D eigenvalue weighted by Crippen LogP contribution is 2.27. The number of fused-ring (bicyclic) bond motifs is 1. The maximum absolute atomic E-state index is 12.6. The Labute approximate surface area is 198 Å². The molecule has 164 valence electrons. The van der Waals surface area contributed by atoms with Crippen LogP contribution in [0.15, 0.2) is 78.0 Å². The molecule has 3 aromatic carbocycles. The van der Waals surface area contributed by atoms with Crippen molar-refractivity contribution in [3.63, 3.8) is 0 Å². The van der Waals surface area contributed by atoms with Crippen LogP contribution in [0.4, 0.5) is 5.69 Å². The zero-order valence-electron chi connectivity index (χ0n) is 17.5. The summed E-state index contributed by atoms with van der Waals surface area (Å²) in [7, 11) is 0. The van der Waals surface area contributed by atoms with Crippen LogP contribution in [0.25, 0.3) is 22.7 Å². The molecule has 5 aromatic rings. The quantitative estimate of drug-likeness (QED) is 0.358. The number of carbonyl (C=O) groups excluding carboxylic acids is 1. The smallest absolute Gasteiger partial charge is 0.259 e. The number of nitrogens with zero attached hydrogens (tertiary/aromatic N) is 6. The van der Waals surface area contributed by atoms with Gasteiger partial charge in [-0.2, -0.15) is 4.68 Å². The lowest BCUT2D eigenvalue weighted by Crippen LogP contribution is -2.15. The zero-order chi connectivity index (χ0) is 22.8. The van der Waals surface area contributed by atoms with Gasteiger partial charge in [-0.15, -0.1) is 15.3 Å². The largest absolute Gasteiger partial charge is 0.325 e. The van der Waals surface area contributed by atoms with Crippen molar-refractivity contribution in [3.8, 4) is 11.6 Å². The van der Waals surface area contributed by atoms with Gasteiger partial charge in [-0.25, -0.2) is 0 Å². The first-order chi connectivity index (χ1) is 16.1. The van der Waals surface area contributed by atoms with Crippen molar-refractivity contribution < 1.29 is 4.79 Å². The maximum atomic E-state index is 12.6. The van der Waals surface area contributed by atoms with Crippen LogP contribution in [0, 0.1) is 6.92 Å². The molecule has 0 saturated carbocycles. The Kier molecular flexibility index (Phi) is 5.80. The van der Waals surface area contributed by atoms with Gasteiger partial charge in [0.25, 0.3) is 5.95 Å². The fourth-order valence-corrected chi connectivity index (χ4v) is 4.29. The molecule has 33 heavy (non-hydrogen) atoms. The number of hydrogen-bond donors (Lipinski definition) is 1. The van der Waals surface area contributed by atoms with Crippen LogP contribution in [0.3, 0.4) is 0 Å². The van der Waals surface area contributed by atoms with Crippen molar-refractivity contribution in [1.29, 1.82) is 0 Å². The van der Waals surface area contributed by atoms with Crippen molar-refractivity contribution in [2.24, 2.45) is 0 Å². The van der Waals surface area contributed by atoms with Gasteiger partial charge in [-0.1, -0.05) is 65.0 Å². The average Bonchev–Trinajstić information content (AvgIpc) is 3.45. The lowest BCUT2D eigenvalue weighted by Gasteiger charge is -2.11. The molecule has 0 spiro atoms. The summed E-state index contributed by atoms with van der Waals surface area (Å²) in [5.74, 6) is 0.471. The molecule has 0 atom stereocenters. The molecule has 0 aliphatic rings. The predicted molar refractivity (Wildman–Crippen MR) is 129 cm³/mol. The Balaban J connectivity index is 1.46. The van der Waals surface area contributed by atoms with Crippen LogP contribution in [0.2, 0.25) is 5.02 Å². The number of thioether (sulfide) groups is 1. The first-order valence-corrected chi connectivity index (χ1v) is 11.5. The minimum atomic E-state index is -0.166. The highest BCUT2D eigenvalue weighted by molar-refractivity contribution is 7.99. The summed E-state index contributed by atoms with van der Waals surface area (Å²) in [6.07, 6.45) is 0. The number of anilines is 1. The van der Waals surface area contributed by atoms with Crippen LogP contribution >= 0.6 is 23.4 Å². The molecular weight excluding hydrogens is 458 g/mol. The number of halogens is 1. The molecular formula is C23H18ClN7OS. The van der Waals surface area contributed by atoms with Gasteiger partial charge in [0.2, 0.25) is 5.91 Å². The van der Waals surface area contributed by atoms with E-state index in [1.807, 2.05) is 72.2 Å². The standard InChI is InChI=1S/C23H18ClN7OS/c1-15-17(24)10-7-12-18(15)25-21(32)14-33-23-28-27-22(30(23)16-8-3-2-4-9-16)31-20-13-6-5-11-19(20)26-29-31/h2-13H,14H2,1H3,(H,25,32). The second-order valence-electron chi connectivity index (χ2n) is 7.19. The first-order valence-electron chi connectivity index (χ1n) is 10.1. The Hall–Kier alpha value is -3.69. The van der Waals surface area contributed by atoms with E-state index in [9.17, 15) is 4.79 Å². The summed E-state index contributed by atoms with van der Waals surface area (Å²) >= 11 is 7.45. The van der Waals surface area contributed by atoms with E-state index in [0.29, 0.717) is 21.8 Å². The summed E-state index contributed by atoms with van der Waals surface area (Å²) in [6.45, 7) is 1.87. The van der Waals surface area contributed by atoms with E-state index in [4.69, 9.17) is 11.6 Å². The monoisotopic (exact) mass is 475 g/mol. The molecule has 2 heterocycles. The summed E-state index contributed by atoms with van der Waals surface area (Å²) in [5.41, 5.74) is 3.93. The Morgan fingerprint density at radius 3 is 2.61 bits per heavy atom. The molecule has 0 aliphatic carbocycles. The minimum absolute atomic E-state index is 0.148. The molecule has 0 bridgehead atoms. The van der Waals surface area contributed by atoms with Crippen LogP contribution in [-0.2, 0) is 4.79 Å². The van der Waals surface area contributed by atoms with E-state index in [2.05, 4.69) is 25.8 Å². The number of amides is 1. The van der Waals surface area contributed by atoms with Crippen molar-refractivity contribution in [1.82, 2.24) is 29.8 Å². The van der Waals surface area contributed by atoms with E-state index in [0.717, 1.165) is 22.3 Å². The predicted octanol–water partition coefficient (Wildman–Crippen LogP) is 4.69. The number of rotatable bonds is 6. The average molecular weight is 476 g/mol. The van der Waals surface area contributed by atoms with E-state index < -0.39 is 0 Å². The Morgan fingerprint density at radius 1 is 0.970 bits per heavy atom. The number of hydrogen-bond acceptors (Lipinski definition) is 6. The molecule has 10 heteroatoms. The summed E-state index contributed by atoms with van der Waals surface area (Å²) < 4.78 is 3.51. The van der Waals surface area contributed by atoms with Gasteiger partial charge in [-0.05, 0) is 48.9 Å². The normalized spacial score (nSPS) is 11.1. The molecule has 0 aliphatic heterocycles. The third-order valence-corrected chi connectivity index (χ3v) is 6.38. The van der Waals surface area contributed by atoms with Gasteiger partial charge < -0.3 is 5.32 Å². The maximum Gasteiger partial charge on any atom is 0.259 e. The molecule has 0 fully saturated rings. The molecule has 2 aromatic heterocycles. The first kappa shape index (κ1) is 21.2. The Bertz CT molecular complexity index is 1450. The lowest BCUT2D eigenvalue weighted by molar-refractivity contribution is -0.113. The third kappa shape index (κ3) is 4.20. The number of aromatic nitrogens is 6. The van der Waals surface area contributed by atoms with E-state index in [-0.39, 0.29) is 11.7 Å². The van der Waals surface area contributed by atoms with Crippen molar-refractivity contribution in [2.45, 2.75) is 12.1 Å². The second kappa shape index (κ2) is 9.05. The van der Waals surface area contributed by atoms with Crippen LogP contribution in [0.5, 0.6) is 0 Å². The number of para-hydroxylation sites is 2. The van der Waals surface area contributed by atoms with Gasteiger partial charge in [0.15, 0.2) is 5.16 Å².